The summed E-state index contributed by atoms with van der Waals surface area (Å²) in [4.78, 5) is 13.8. The Bertz CT molecular complexity index is 599. The maximum Gasteiger partial charge on any atom is 0.417 e. The van der Waals surface area contributed by atoms with Crippen LogP contribution in [0.4, 0.5) is 5.69 Å². The Kier molecular flexibility index (Phi) is 2.86. The number of oxazole rings is 1. The second-order valence-corrected chi connectivity index (χ2v) is 5.24. The third-order valence-corrected chi connectivity index (χ3v) is 3.88. The summed E-state index contributed by atoms with van der Waals surface area (Å²) in [7, 11) is 0. The van der Waals surface area contributed by atoms with Crippen LogP contribution in [0, 0.1) is 5.92 Å². The van der Waals surface area contributed by atoms with E-state index in [-0.39, 0.29) is 0 Å². The minimum Gasteiger partial charge on any atom is -0.408 e. The molecule has 1 aliphatic rings. The Morgan fingerprint density at radius 3 is 3.00 bits per heavy atom. The molecule has 0 amide bonds. The molecule has 0 bridgehead atoms. The van der Waals surface area contributed by atoms with Crippen molar-refractivity contribution in [1.82, 2.24) is 4.98 Å². The molecule has 1 aromatic carbocycles. The van der Waals surface area contributed by atoms with Gasteiger partial charge in [0.25, 0.3) is 0 Å². The number of fused-ring (bicyclic) bond motifs is 1. The monoisotopic (exact) mass is 246 g/mol. The molecule has 0 radical (unpaired) electrons. The second-order valence-electron chi connectivity index (χ2n) is 5.24. The van der Waals surface area contributed by atoms with Gasteiger partial charge >= 0.3 is 5.76 Å². The van der Waals surface area contributed by atoms with Crippen LogP contribution < -0.4 is 11.1 Å². The van der Waals surface area contributed by atoms with Crippen LogP contribution >= 0.6 is 0 Å². The maximum absolute atomic E-state index is 11.1. The maximum atomic E-state index is 11.1. The largest absolute Gasteiger partial charge is 0.417 e. The van der Waals surface area contributed by atoms with Gasteiger partial charge in [0.05, 0.1) is 5.52 Å². The first-order valence-electron chi connectivity index (χ1n) is 6.62. The Hall–Kier alpha value is -1.71. The highest BCUT2D eigenvalue weighted by molar-refractivity contribution is 5.76. The molecule has 18 heavy (non-hydrogen) atoms. The summed E-state index contributed by atoms with van der Waals surface area (Å²) in [6.07, 6.45) is 5.16. The molecule has 1 fully saturated rings. The van der Waals surface area contributed by atoms with Crippen molar-refractivity contribution in [2.24, 2.45) is 5.92 Å². The van der Waals surface area contributed by atoms with E-state index in [0.29, 0.717) is 17.5 Å². The Morgan fingerprint density at radius 2 is 2.17 bits per heavy atom. The zero-order chi connectivity index (χ0) is 12.5. The zero-order valence-corrected chi connectivity index (χ0v) is 10.5. The average Bonchev–Trinajstić information content (AvgIpc) is 2.71. The predicted molar refractivity (Wildman–Crippen MR) is 71.9 cm³/mol. The molecule has 2 aromatic rings. The fraction of sp³-hybridized carbons (Fsp3) is 0.500. The molecule has 4 heteroatoms. The van der Waals surface area contributed by atoms with Gasteiger partial charge < -0.3 is 9.73 Å². The van der Waals surface area contributed by atoms with Crippen molar-refractivity contribution in [2.75, 3.05) is 5.32 Å². The molecule has 1 aliphatic carbocycles. The van der Waals surface area contributed by atoms with E-state index in [2.05, 4.69) is 17.2 Å². The highest BCUT2D eigenvalue weighted by Gasteiger charge is 2.20. The summed E-state index contributed by atoms with van der Waals surface area (Å²) in [5.41, 5.74) is 2.43. The highest BCUT2D eigenvalue weighted by atomic mass is 16.4. The van der Waals surface area contributed by atoms with Crippen LogP contribution in [0.15, 0.2) is 27.4 Å². The van der Waals surface area contributed by atoms with Crippen molar-refractivity contribution in [2.45, 2.75) is 38.6 Å². The lowest BCUT2D eigenvalue weighted by Gasteiger charge is -2.30. The van der Waals surface area contributed by atoms with Crippen molar-refractivity contribution >= 4 is 16.8 Å². The molecule has 3 rings (SSSR count). The molecule has 1 aromatic heterocycles. The van der Waals surface area contributed by atoms with Crippen LogP contribution in [0.5, 0.6) is 0 Å². The molecule has 1 saturated carbocycles. The zero-order valence-electron chi connectivity index (χ0n) is 10.5. The number of hydrogen-bond acceptors (Lipinski definition) is 3. The fourth-order valence-electron chi connectivity index (χ4n) is 2.79. The van der Waals surface area contributed by atoms with Gasteiger partial charge in [-0.25, -0.2) is 4.79 Å². The Morgan fingerprint density at radius 1 is 1.33 bits per heavy atom. The van der Waals surface area contributed by atoms with Crippen LogP contribution in [0.25, 0.3) is 11.1 Å². The highest BCUT2D eigenvalue weighted by Crippen LogP contribution is 2.27. The van der Waals surface area contributed by atoms with E-state index in [0.717, 1.165) is 11.2 Å². The molecule has 2 unspecified atom stereocenters. The van der Waals surface area contributed by atoms with Crippen LogP contribution in [0.3, 0.4) is 0 Å². The number of benzene rings is 1. The smallest absolute Gasteiger partial charge is 0.408 e. The van der Waals surface area contributed by atoms with E-state index < -0.39 is 5.76 Å². The average molecular weight is 246 g/mol. The molecule has 0 aliphatic heterocycles. The first kappa shape index (κ1) is 11.4. The minimum atomic E-state index is -0.395. The number of H-pyrrole nitrogens is 1. The van der Waals surface area contributed by atoms with Crippen molar-refractivity contribution in [3.05, 3.63) is 28.7 Å². The van der Waals surface area contributed by atoms with Crippen LogP contribution in [0.2, 0.25) is 0 Å². The number of hydrogen-bond donors (Lipinski definition) is 2. The number of nitrogens with one attached hydrogen (secondary N) is 2. The van der Waals surface area contributed by atoms with E-state index in [1.165, 1.54) is 25.7 Å². The normalized spacial score (nSPS) is 24.3. The SMILES string of the molecule is CC1CCCCC1Nc1ccc2oc(=O)[nH]c2c1. The van der Waals surface area contributed by atoms with Crippen LogP contribution in [0.1, 0.15) is 32.6 Å². The van der Waals surface area contributed by atoms with Crippen molar-refractivity contribution in [3.63, 3.8) is 0 Å². The predicted octanol–water partition coefficient (Wildman–Crippen LogP) is 3.11. The van der Waals surface area contributed by atoms with Gasteiger partial charge in [-0.3, -0.25) is 4.98 Å². The lowest BCUT2D eigenvalue weighted by molar-refractivity contribution is 0.349. The molecule has 4 nitrogen and oxygen atoms in total. The first-order chi connectivity index (χ1) is 8.72. The van der Waals surface area contributed by atoms with Gasteiger partial charge in [0.15, 0.2) is 5.58 Å². The van der Waals surface area contributed by atoms with Crippen molar-refractivity contribution in [1.29, 1.82) is 0 Å². The first-order valence-corrected chi connectivity index (χ1v) is 6.62. The van der Waals surface area contributed by atoms with Gasteiger partial charge in [0.2, 0.25) is 0 Å². The molecule has 0 saturated heterocycles. The van der Waals surface area contributed by atoms with Gasteiger partial charge in [-0.2, -0.15) is 0 Å². The van der Waals surface area contributed by atoms with Gasteiger partial charge in [-0.1, -0.05) is 19.8 Å². The summed E-state index contributed by atoms with van der Waals surface area (Å²) >= 11 is 0. The number of aromatic nitrogens is 1. The molecule has 96 valence electrons. The Balaban J connectivity index is 1.83. The van der Waals surface area contributed by atoms with Crippen LogP contribution in [-0.2, 0) is 0 Å². The van der Waals surface area contributed by atoms with Crippen molar-refractivity contribution < 1.29 is 4.42 Å². The number of anilines is 1. The lowest BCUT2D eigenvalue weighted by atomic mass is 9.86. The summed E-state index contributed by atoms with van der Waals surface area (Å²) < 4.78 is 5.00. The number of rotatable bonds is 2. The lowest BCUT2D eigenvalue weighted by Crippen LogP contribution is -2.30. The molecule has 0 spiro atoms. The topological polar surface area (TPSA) is 58.0 Å². The van der Waals surface area contributed by atoms with E-state index in [1.807, 2.05) is 18.2 Å². The van der Waals surface area contributed by atoms with E-state index in [4.69, 9.17) is 4.42 Å². The molecule has 1 heterocycles. The Labute approximate surface area is 105 Å². The standard InChI is InChI=1S/C14H18N2O2/c1-9-4-2-3-5-11(9)15-10-6-7-13-12(8-10)16-14(17)18-13/h6-9,11,15H,2-5H2,1H3,(H,16,17). The van der Waals surface area contributed by atoms with Crippen LogP contribution in [-0.4, -0.2) is 11.0 Å². The van der Waals surface area contributed by atoms with E-state index in [1.54, 1.807) is 0 Å². The summed E-state index contributed by atoms with van der Waals surface area (Å²) in [6, 6.07) is 6.29. The molecular formula is C14H18N2O2. The van der Waals surface area contributed by atoms with E-state index >= 15 is 0 Å². The fourth-order valence-corrected chi connectivity index (χ4v) is 2.79. The van der Waals surface area contributed by atoms with Gasteiger partial charge in [0, 0.05) is 11.7 Å². The quantitative estimate of drug-likeness (QED) is 0.856. The summed E-state index contributed by atoms with van der Waals surface area (Å²) in [5.74, 6) is 0.311. The second kappa shape index (κ2) is 4.52. The summed E-state index contributed by atoms with van der Waals surface area (Å²) in [5, 5.41) is 3.57. The molecular weight excluding hydrogens is 228 g/mol. The molecule has 2 atom stereocenters. The van der Waals surface area contributed by atoms with Gasteiger partial charge in [0.1, 0.15) is 0 Å². The minimum absolute atomic E-state index is 0.395. The van der Waals surface area contributed by atoms with Crippen molar-refractivity contribution in [3.8, 4) is 0 Å². The third kappa shape index (κ3) is 2.15. The van der Waals surface area contributed by atoms with Gasteiger partial charge in [-0.15, -0.1) is 0 Å². The third-order valence-electron chi connectivity index (χ3n) is 3.88. The van der Waals surface area contributed by atoms with Gasteiger partial charge in [-0.05, 0) is 37.0 Å². The summed E-state index contributed by atoms with van der Waals surface area (Å²) in [6.45, 7) is 2.30. The molecule has 2 N–H and O–H groups in total. The number of aromatic amines is 1. The van der Waals surface area contributed by atoms with E-state index in [9.17, 15) is 4.79 Å².